The number of para-hydroxylation sites is 1. The minimum absolute atomic E-state index is 0.109. The van der Waals surface area contributed by atoms with Crippen molar-refractivity contribution in [3.8, 4) is 11.3 Å². The van der Waals surface area contributed by atoms with E-state index in [0.29, 0.717) is 22.4 Å². The quantitative estimate of drug-likeness (QED) is 0.468. The molecule has 0 saturated heterocycles. The summed E-state index contributed by atoms with van der Waals surface area (Å²) in [5.74, 6) is -0.109. The molecule has 0 fully saturated rings. The van der Waals surface area contributed by atoms with Gasteiger partial charge in [0.2, 0.25) is 11.1 Å². The number of thioether (sulfide) groups is 1. The lowest BCUT2D eigenvalue weighted by Gasteiger charge is -2.12. The van der Waals surface area contributed by atoms with Gasteiger partial charge in [-0.25, -0.2) is 9.97 Å². The molecule has 0 bridgehead atoms. The first-order chi connectivity index (χ1) is 13.7. The fourth-order valence-corrected chi connectivity index (χ4v) is 4.28. The molecule has 4 aromatic rings. The van der Waals surface area contributed by atoms with Crippen LogP contribution in [0.25, 0.3) is 21.5 Å². The first kappa shape index (κ1) is 18.5. The number of thiazole rings is 1. The molecular weight excluding hydrogens is 390 g/mol. The molecule has 0 aliphatic rings. The molecular formula is C20H17N5OS2. The summed E-state index contributed by atoms with van der Waals surface area (Å²) < 4.78 is 1.04. The minimum atomic E-state index is -0.323. The Labute approximate surface area is 170 Å². The number of carbonyl (C=O) groups excluding carboxylic acids is 1. The van der Waals surface area contributed by atoms with Crippen molar-refractivity contribution in [3.63, 3.8) is 0 Å². The summed E-state index contributed by atoms with van der Waals surface area (Å²) in [6.07, 6.45) is 2.33. The van der Waals surface area contributed by atoms with E-state index in [0.717, 1.165) is 15.8 Å². The van der Waals surface area contributed by atoms with Crippen LogP contribution in [0.2, 0.25) is 0 Å². The first-order valence-corrected chi connectivity index (χ1v) is 10.5. The van der Waals surface area contributed by atoms with E-state index in [1.807, 2.05) is 61.5 Å². The van der Waals surface area contributed by atoms with Crippen molar-refractivity contribution in [1.82, 2.24) is 20.2 Å². The summed E-state index contributed by atoms with van der Waals surface area (Å²) in [5.41, 5.74) is 2.55. The van der Waals surface area contributed by atoms with E-state index in [1.165, 1.54) is 23.1 Å². The molecule has 0 unspecified atom stereocenters. The van der Waals surface area contributed by atoms with Gasteiger partial charge in [-0.1, -0.05) is 72.5 Å². The molecule has 0 spiro atoms. The molecule has 8 heteroatoms. The third-order valence-corrected chi connectivity index (χ3v) is 6.23. The smallest absolute Gasteiger partial charge is 0.239 e. The van der Waals surface area contributed by atoms with Crippen LogP contribution in [0, 0.1) is 0 Å². The molecule has 2 heterocycles. The lowest BCUT2D eigenvalue weighted by molar-refractivity contribution is -0.115. The van der Waals surface area contributed by atoms with Gasteiger partial charge >= 0.3 is 0 Å². The number of amides is 1. The summed E-state index contributed by atoms with van der Waals surface area (Å²) >= 11 is 2.77. The van der Waals surface area contributed by atoms with Crippen molar-refractivity contribution in [2.45, 2.75) is 23.8 Å². The Morgan fingerprint density at radius 2 is 1.89 bits per heavy atom. The maximum Gasteiger partial charge on any atom is 0.239 e. The van der Waals surface area contributed by atoms with Gasteiger partial charge in [0, 0.05) is 5.56 Å². The normalized spacial score (nSPS) is 12.0. The predicted octanol–water partition coefficient (Wildman–Crippen LogP) is 4.66. The zero-order valence-electron chi connectivity index (χ0n) is 15.1. The van der Waals surface area contributed by atoms with E-state index in [9.17, 15) is 4.79 Å². The Morgan fingerprint density at radius 1 is 1.11 bits per heavy atom. The molecule has 0 aliphatic heterocycles. The van der Waals surface area contributed by atoms with E-state index >= 15 is 0 Å². The van der Waals surface area contributed by atoms with Gasteiger partial charge in [0.05, 0.1) is 21.7 Å². The molecule has 0 saturated carbocycles. The predicted molar refractivity (Wildman–Crippen MR) is 113 cm³/mol. The maximum atomic E-state index is 12.7. The second kappa shape index (κ2) is 8.45. The fourth-order valence-electron chi connectivity index (χ4n) is 2.62. The van der Waals surface area contributed by atoms with Crippen LogP contribution in [0.5, 0.6) is 0 Å². The topological polar surface area (TPSA) is 80.7 Å². The van der Waals surface area contributed by atoms with Gasteiger partial charge in [-0.05, 0) is 18.6 Å². The fraction of sp³-hybridized carbons (Fsp3) is 0.150. The van der Waals surface area contributed by atoms with Gasteiger partial charge in [0.1, 0.15) is 5.69 Å². The lowest BCUT2D eigenvalue weighted by atomic mass is 10.2. The van der Waals surface area contributed by atoms with Crippen molar-refractivity contribution in [2.75, 3.05) is 5.32 Å². The van der Waals surface area contributed by atoms with Crippen LogP contribution in [-0.2, 0) is 4.79 Å². The van der Waals surface area contributed by atoms with Crippen LogP contribution in [0.3, 0.4) is 0 Å². The number of benzene rings is 2. The standard InChI is InChI=1S/C20H17N5OS2/c1-2-16(18(26)23-20-22-14-10-6-7-11-17(14)28-20)27-19-21-12-15(24-25-19)13-8-4-3-5-9-13/h3-12,16H,2H2,1H3,(H,22,23,26)/t16-/m0/s1. The van der Waals surface area contributed by atoms with Gasteiger partial charge in [-0.2, -0.15) is 0 Å². The van der Waals surface area contributed by atoms with Gasteiger partial charge in [-0.15, -0.1) is 10.2 Å². The number of rotatable bonds is 6. The minimum Gasteiger partial charge on any atom is -0.301 e. The molecule has 4 rings (SSSR count). The number of nitrogens with one attached hydrogen (secondary N) is 1. The van der Waals surface area contributed by atoms with Crippen molar-refractivity contribution in [3.05, 3.63) is 60.8 Å². The zero-order valence-corrected chi connectivity index (χ0v) is 16.7. The number of fused-ring (bicyclic) bond motifs is 1. The average Bonchev–Trinajstić information content (AvgIpc) is 3.15. The van der Waals surface area contributed by atoms with Crippen molar-refractivity contribution in [1.29, 1.82) is 0 Å². The molecule has 1 N–H and O–H groups in total. The number of nitrogens with zero attached hydrogens (tertiary/aromatic N) is 4. The molecule has 0 radical (unpaired) electrons. The molecule has 1 amide bonds. The Morgan fingerprint density at radius 3 is 2.61 bits per heavy atom. The van der Waals surface area contributed by atoms with Crippen LogP contribution in [0.15, 0.2) is 66.0 Å². The largest absolute Gasteiger partial charge is 0.301 e. The number of hydrogen-bond acceptors (Lipinski definition) is 7. The van der Waals surface area contributed by atoms with Crippen molar-refractivity contribution >= 4 is 44.4 Å². The number of hydrogen-bond donors (Lipinski definition) is 1. The summed E-state index contributed by atoms with van der Waals surface area (Å²) in [7, 11) is 0. The van der Waals surface area contributed by atoms with E-state index in [1.54, 1.807) is 6.20 Å². The number of anilines is 1. The Bertz CT molecular complexity index is 1050. The highest BCUT2D eigenvalue weighted by molar-refractivity contribution is 8.00. The van der Waals surface area contributed by atoms with E-state index in [2.05, 4.69) is 25.5 Å². The Hall–Kier alpha value is -2.84. The first-order valence-electron chi connectivity index (χ1n) is 8.81. The van der Waals surface area contributed by atoms with Gasteiger partial charge < -0.3 is 5.32 Å². The highest BCUT2D eigenvalue weighted by Gasteiger charge is 2.21. The summed E-state index contributed by atoms with van der Waals surface area (Å²) in [6.45, 7) is 1.96. The molecule has 2 aromatic heterocycles. The SMILES string of the molecule is CC[C@H](Sc1ncc(-c2ccccc2)nn1)C(=O)Nc1nc2ccccc2s1. The van der Waals surface area contributed by atoms with Gasteiger partial charge in [-0.3, -0.25) is 4.79 Å². The second-order valence-corrected chi connectivity index (χ2v) is 8.18. The molecule has 1 atom stereocenters. The van der Waals surface area contributed by atoms with Crippen LogP contribution in [0.4, 0.5) is 5.13 Å². The Balaban J connectivity index is 1.44. The van der Waals surface area contributed by atoms with Gasteiger partial charge in [0.25, 0.3) is 0 Å². The molecule has 2 aromatic carbocycles. The van der Waals surface area contributed by atoms with E-state index in [4.69, 9.17) is 0 Å². The van der Waals surface area contributed by atoms with Gasteiger partial charge in [0.15, 0.2) is 5.13 Å². The molecule has 28 heavy (non-hydrogen) atoms. The Kier molecular flexibility index (Phi) is 5.59. The van der Waals surface area contributed by atoms with E-state index in [-0.39, 0.29) is 11.2 Å². The number of carbonyl (C=O) groups is 1. The average molecular weight is 408 g/mol. The van der Waals surface area contributed by atoms with Crippen molar-refractivity contribution in [2.24, 2.45) is 0 Å². The molecule has 6 nitrogen and oxygen atoms in total. The van der Waals surface area contributed by atoms with Crippen LogP contribution >= 0.6 is 23.1 Å². The second-order valence-electron chi connectivity index (χ2n) is 5.98. The number of aromatic nitrogens is 4. The summed E-state index contributed by atoms with van der Waals surface area (Å²) in [5, 5.41) is 12.1. The van der Waals surface area contributed by atoms with E-state index < -0.39 is 0 Å². The van der Waals surface area contributed by atoms with Crippen LogP contribution in [0.1, 0.15) is 13.3 Å². The van der Waals surface area contributed by atoms with Crippen LogP contribution < -0.4 is 5.32 Å². The zero-order chi connectivity index (χ0) is 19.3. The third-order valence-electron chi connectivity index (χ3n) is 4.05. The summed E-state index contributed by atoms with van der Waals surface area (Å²) in [6, 6.07) is 17.6. The highest BCUT2D eigenvalue weighted by Crippen LogP contribution is 2.28. The monoisotopic (exact) mass is 407 g/mol. The maximum absolute atomic E-state index is 12.7. The molecule has 140 valence electrons. The van der Waals surface area contributed by atoms with Crippen LogP contribution in [-0.4, -0.2) is 31.3 Å². The molecule has 0 aliphatic carbocycles. The highest BCUT2D eigenvalue weighted by atomic mass is 32.2. The lowest BCUT2D eigenvalue weighted by Crippen LogP contribution is -2.24. The third kappa shape index (κ3) is 4.18. The summed E-state index contributed by atoms with van der Waals surface area (Å²) in [4.78, 5) is 21.5. The van der Waals surface area contributed by atoms with Crippen molar-refractivity contribution < 1.29 is 4.79 Å².